The van der Waals surface area contributed by atoms with E-state index in [1.54, 1.807) is 36.7 Å². The van der Waals surface area contributed by atoms with Gasteiger partial charge in [0.15, 0.2) is 0 Å². The van der Waals surface area contributed by atoms with Crippen molar-refractivity contribution < 1.29 is 23.1 Å². The van der Waals surface area contributed by atoms with Gasteiger partial charge in [0.25, 0.3) is 0 Å². The number of carboxylic acid groups (broad SMARTS) is 1. The Kier molecular flexibility index (Phi) is 5.27. The van der Waals surface area contributed by atoms with E-state index in [4.69, 9.17) is 10.8 Å². The predicted molar refractivity (Wildman–Crippen MR) is 85.2 cm³/mol. The van der Waals surface area contributed by atoms with Gasteiger partial charge >= 0.3 is 5.97 Å². The number of rotatable bonds is 7. The number of hydrogen-bond donors (Lipinski definition) is 3. The van der Waals surface area contributed by atoms with Crippen LogP contribution in [0.2, 0.25) is 0 Å². The van der Waals surface area contributed by atoms with E-state index in [1.165, 1.54) is 12.1 Å². The first-order chi connectivity index (χ1) is 11.3. The monoisotopic (exact) mass is 349 g/mol. The van der Waals surface area contributed by atoms with E-state index in [1.807, 2.05) is 4.72 Å². The molecule has 2 rings (SSSR count). The fraction of sp³-hybridized carbons (Fsp3) is 0.133. The maximum atomic E-state index is 12.2. The Bertz CT molecular complexity index is 835. The summed E-state index contributed by atoms with van der Waals surface area (Å²) in [4.78, 5) is 25.7. The Hall–Kier alpha value is -2.78. The number of amides is 1. The van der Waals surface area contributed by atoms with Gasteiger partial charge in [0.1, 0.15) is 6.04 Å². The van der Waals surface area contributed by atoms with Crippen molar-refractivity contribution in [3.8, 4) is 11.1 Å². The molecule has 0 spiro atoms. The molecule has 1 atom stereocenters. The summed E-state index contributed by atoms with van der Waals surface area (Å²) < 4.78 is 26.4. The number of aliphatic carboxylic acids is 1. The largest absolute Gasteiger partial charge is 0.480 e. The highest BCUT2D eigenvalue weighted by molar-refractivity contribution is 7.89. The summed E-state index contributed by atoms with van der Waals surface area (Å²) in [6.45, 7) is 0. The topological polar surface area (TPSA) is 139 Å². The highest BCUT2D eigenvalue weighted by Gasteiger charge is 2.26. The van der Waals surface area contributed by atoms with Gasteiger partial charge in [-0.1, -0.05) is 12.1 Å². The minimum absolute atomic E-state index is 0.115. The molecule has 0 saturated heterocycles. The Labute approximate surface area is 138 Å². The first kappa shape index (κ1) is 17.6. The van der Waals surface area contributed by atoms with Crippen molar-refractivity contribution in [3.05, 3.63) is 48.8 Å². The van der Waals surface area contributed by atoms with Crippen molar-refractivity contribution in [1.82, 2.24) is 9.71 Å². The number of hydrogen-bond acceptors (Lipinski definition) is 5. The van der Waals surface area contributed by atoms with Crippen molar-refractivity contribution in [1.29, 1.82) is 0 Å². The van der Waals surface area contributed by atoms with Crippen molar-refractivity contribution in [2.45, 2.75) is 17.4 Å². The number of nitrogens with zero attached hydrogens (tertiary/aromatic N) is 1. The average Bonchev–Trinajstić information content (AvgIpc) is 2.54. The standard InChI is InChI=1S/C15H15N3O5S/c16-14(19)9-13(15(20)21)18-24(22,23)12-3-1-10(2-4-12)11-5-7-17-8-6-11/h1-8,13,18H,9H2,(H2,16,19)(H,20,21). The van der Waals surface area contributed by atoms with Crippen LogP contribution >= 0.6 is 0 Å². The zero-order valence-corrected chi connectivity index (χ0v) is 13.2. The van der Waals surface area contributed by atoms with E-state index in [0.717, 1.165) is 11.1 Å². The minimum Gasteiger partial charge on any atom is -0.480 e. The molecule has 1 amide bonds. The summed E-state index contributed by atoms with van der Waals surface area (Å²) in [6.07, 6.45) is 2.59. The van der Waals surface area contributed by atoms with E-state index < -0.39 is 34.4 Å². The Morgan fingerprint density at radius 1 is 1.08 bits per heavy atom. The number of sulfonamides is 1. The van der Waals surface area contributed by atoms with Crippen LogP contribution in [0.4, 0.5) is 0 Å². The number of aromatic nitrogens is 1. The molecular formula is C15H15N3O5S. The number of carbonyl (C=O) groups is 2. The van der Waals surface area contributed by atoms with E-state index in [0.29, 0.717) is 0 Å². The molecule has 0 saturated carbocycles. The van der Waals surface area contributed by atoms with Gasteiger partial charge in [-0.15, -0.1) is 0 Å². The SMILES string of the molecule is NC(=O)CC(NS(=O)(=O)c1ccc(-c2ccncc2)cc1)C(=O)O. The van der Waals surface area contributed by atoms with Crippen LogP contribution in [0.15, 0.2) is 53.7 Å². The molecule has 1 heterocycles. The molecule has 1 aromatic heterocycles. The third-order valence-electron chi connectivity index (χ3n) is 3.18. The number of nitrogens with one attached hydrogen (secondary N) is 1. The summed E-state index contributed by atoms with van der Waals surface area (Å²) in [5.74, 6) is -2.40. The van der Waals surface area contributed by atoms with E-state index in [2.05, 4.69) is 4.98 Å². The first-order valence-corrected chi connectivity index (χ1v) is 8.32. The van der Waals surface area contributed by atoms with Gasteiger partial charge in [0.05, 0.1) is 11.3 Å². The summed E-state index contributed by atoms with van der Waals surface area (Å²) >= 11 is 0. The smallest absolute Gasteiger partial charge is 0.322 e. The quantitative estimate of drug-likeness (QED) is 0.659. The van der Waals surface area contributed by atoms with Crippen LogP contribution in [-0.2, 0) is 19.6 Å². The number of pyridine rings is 1. The van der Waals surface area contributed by atoms with Gasteiger partial charge in [-0.05, 0) is 35.4 Å². The van der Waals surface area contributed by atoms with Crippen molar-refractivity contribution >= 4 is 21.9 Å². The van der Waals surface area contributed by atoms with Crippen LogP contribution in [0.5, 0.6) is 0 Å². The molecule has 0 radical (unpaired) electrons. The summed E-state index contributed by atoms with van der Waals surface area (Å²) in [6, 6.07) is 7.81. The predicted octanol–water partition coefficient (Wildman–Crippen LogP) is 0.355. The van der Waals surface area contributed by atoms with Gasteiger partial charge < -0.3 is 10.8 Å². The van der Waals surface area contributed by atoms with Crippen molar-refractivity contribution in [2.75, 3.05) is 0 Å². The summed E-state index contributed by atoms with van der Waals surface area (Å²) in [5.41, 5.74) is 6.57. The van der Waals surface area contributed by atoms with Crippen LogP contribution in [0.3, 0.4) is 0 Å². The van der Waals surface area contributed by atoms with Crippen LogP contribution in [-0.4, -0.2) is 36.4 Å². The molecular weight excluding hydrogens is 334 g/mol. The molecule has 0 aliphatic heterocycles. The van der Waals surface area contributed by atoms with Gasteiger partial charge in [-0.2, -0.15) is 4.72 Å². The van der Waals surface area contributed by atoms with Crippen LogP contribution in [0.25, 0.3) is 11.1 Å². The van der Waals surface area contributed by atoms with Crippen LogP contribution in [0.1, 0.15) is 6.42 Å². The number of nitrogens with two attached hydrogens (primary N) is 1. The molecule has 0 bridgehead atoms. The van der Waals surface area contributed by atoms with E-state index in [-0.39, 0.29) is 4.90 Å². The molecule has 2 aromatic rings. The maximum absolute atomic E-state index is 12.2. The molecule has 0 fully saturated rings. The highest BCUT2D eigenvalue weighted by Crippen LogP contribution is 2.20. The Morgan fingerprint density at radius 2 is 1.62 bits per heavy atom. The number of benzene rings is 1. The fourth-order valence-electron chi connectivity index (χ4n) is 2.01. The van der Waals surface area contributed by atoms with E-state index >= 15 is 0 Å². The second-order valence-corrected chi connectivity index (χ2v) is 6.66. The molecule has 9 heteroatoms. The second-order valence-electron chi connectivity index (χ2n) is 4.94. The van der Waals surface area contributed by atoms with Gasteiger partial charge in [0, 0.05) is 12.4 Å². The zero-order valence-electron chi connectivity index (χ0n) is 12.4. The van der Waals surface area contributed by atoms with Gasteiger partial charge in [-0.25, -0.2) is 8.42 Å². The van der Waals surface area contributed by atoms with Crippen LogP contribution in [0, 0.1) is 0 Å². The second kappa shape index (κ2) is 7.20. The van der Waals surface area contributed by atoms with Crippen LogP contribution < -0.4 is 10.5 Å². The van der Waals surface area contributed by atoms with Crippen molar-refractivity contribution in [2.24, 2.45) is 5.73 Å². The number of primary amides is 1. The fourth-order valence-corrected chi connectivity index (χ4v) is 3.20. The minimum atomic E-state index is -4.10. The van der Waals surface area contributed by atoms with E-state index in [9.17, 15) is 18.0 Å². The summed E-state index contributed by atoms with van der Waals surface area (Å²) in [7, 11) is -4.10. The molecule has 0 aliphatic carbocycles. The molecule has 126 valence electrons. The van der Waals surface area contributed by atoms with Gasteiger partial charge in [-0.3, -0.25) is 14.6 Å². The Morgan fingerprint density at radius 3 is 2.12 bits per heavy atom. The molecule has 1 unspecified atom stereocenters. The molecule has 24 heavy (non-hydrogen) atoms. The first-order valence-electron chi connectivity index (χ1n) is 6.83. The molecule has 0 aliphatic rings. The third kappa shape index (κ3) is 4.37. The lowest BCUT2D eigenvalue weighted by molar-refractivity contribution is -0.140. The van der Waals surface area contributed by atoms with Gasteiger partial charge in [0.2, 0.25) is 15.9 Å². The number of carbonyl (C=O) groups excluding carboxylic acids is 1. The molecule has 8 nitrogen and oxygen atoms in total. The lowest BCUT2D eigenvalue weighted by Gasteiger charge is -2.13. The zero-order chi connectivity index (χ0) is 17.7. The highest BCUT2D eigenvalue weighted by atomic mass is 32.2. The van der Waals surface area contributed by atoms with Crippen molar-refractivity contribution in [3.63, 3.8) is 0 Å². The molecule has 4 N–H and O–H groups in total. The lowest BCUT2D eigenvalue weighted by Crippen LogP contribution is -2.43. The molecule has 1 aromatic carbocycles. The third-order valence-corrected chi connectivity index (χ3v) is 4.67. The Balaban J connectivity index is 2.23. The summed E-state index contributed by atoms with van der Waals surface area (Å²) in [5, 5.41) is 8.98. The number of carboxylic acids is 1. The lowest BCUT2D eigenvalue weighted by atomic mass is 10.1. The normalized spacial score (nSPS) is 12.5. The maximum Gasteiger partial charge on any atom is 0.322 e. The average molecular weight is 349 g/mol.